The summed E-state index contributed by atoms with van der Waals surface area (Å²) in [5, 5.41) is 6.08. The first kappa shape index (κ1) is 10.3. The first-order valence-corrected chi connectivity index (χ1v) is 4.85. The van der Waals surface area contributed by atoms with Gasteiger partial charge in [0.25, 0.3) is 0 Å². The van der Waals surface area contributed by atoms with Gasteiger partial charge >= 0.3 is 0 Å². The molecule has 0 radical (unpaired) electrons. The van der Waals surface area contributed by atoms with Gasteiger partial charge in [-0.05, 0) is 32.7 Å². The maximum absolute atomic E-state index is 11.3. The SMILES string of the molecule is C=C(C)CCNC1CCCNC1=O. The molecule has 0 aromatic heterocycles. The normalized spacial score (nSPS) is 22.5. The highest BCUT2D eigenvalue weighted by Crippen LogP contribution is 2.03. The van der Waals surface area contributed by atoms with Crippen molar-refractivity contribution in [1.29, 1.82) is 0 Å². The summed E-state index contributed by atoms with van der Waals surface area (Å²) in [5.41, 5.74) is 1.16. The molecule has 1 saturated heterocycles. The molecule has 0 aliphatic carbocycles. The third-order valence-corrected chi connectivity index (χ3v) is 2.23. The number of amides is 1. The van der Waals surface area contributed by atoms with Crippen LogP contribution in [0.4, 0.5) is 0 Å². The zero-order valence-corrected chi connectivity index (χ0v) is 8.23. The van der Waals surface area contributed by atoms with Crippen LogP contribution >= 0.6 is 0 Å². The lowest BCUT2D eigenvalue weighted by Crippen LogP contribution is -2.48. The number of carbonyl (C=O) groups is 1. The van der Waals surface area contributed by atoms with Gasteiger partial charge in [-0.2, -0.15) is 0 Å². The highest BCUT2D eigenvalue weighted by molar-refractivity contribution is 5.82. The minimum Gasteiger partial charge on any atom is -0.355 e. The van der Waals surface area contributed by atoms with Crippen LogP contribution in [0.1, 0.15) is 26.2 Å². The number of carbonyl (C=O) groups excluding carboxylic acids is 1. The summed E-state index contributed by atoms with van der Waals surface area (Å²) in [4.78, 5) is 11.3. The van der Waals surface area contributed by atoms with E-state index in [1.807, 2.05) is 6.92 Å². The molecule has 0 bridgehead atoms. The van der Waals surface area contributed by atoms with Gasteiger partial charge in [0.05, 0.1) is 6.04 Å². The van der Waals surface area contributed by atoms with Gasteiger partial charge in [-0.15, -0.1) is 6.58 Å². The van der Waals surface area contributed by atoms with E-state index in [0.29, 0.717) is 0 Å². The molecule has 1 rings (SSSR count). The van der Waals surface area contributed by atoms with Crippen LogP contribution in [0.5, 0.6) is 0 Å². The molecule has 0 aromatic carbocycles. The third-order valence-electron chi connectivity index (χ3n) is 2.23. The molecular formula is C10H18N2O. The monoisotopic (exact) mass is 182 g/mol. The molecule has 1 atom stereocenters. The third kappa shape index (κ3) is 3.59. The number of hydrogen-bond acceptors (Lipinski definition) is 2. The fourth-order valence-electron chi connectivity index (χ4n) is 1.43. The molecule has 13 heavy (non-hydrogen) atoms. The van der Waals surface area contributed by atoms with E-state index >= 15 is 0 Å². The zero-order chi connectivity index (χ0) is 9.68. The Bertz CT molecular complexity index is 201. The molecule has 3 heteroatoms. The van der Waals surface area contributed by atoms with Gasteiger partial charge in [-0.3, -0.25) is 4.79 Å². The topological polar surface area (TPSA) is 41.1 Å². The Morgan fingerprint density at radius 3 is 3.15 bits per heavy atom. The van der Waals surface area contributed by atoms with Gasteiger partial charge in [0.15, 0.2) is 0 Å². The van der Waals surface area contributed by atoms with Gasteiger partial charge < -0.3 is 10.6 Å². The summed E-state index contributed by atoms with van der Waals surface area (Å²) in [5.74, 6) is 0.146. The lowest BCUT2D eigenvalue weighted by molar-refractivity contribution is -0.124. The summed E-state index contributed by atoms with van der Waals surface area (Å²) in [6, 6.07) is 0.0214. The van der Waals surface area contributed by atoms with Crippen LogP contribution in [0.3, 0.4) is 0 Å². The smallest absolute Gasteiger partial charge is 0.237 e. The maximum Gasteiger partial charge on any atom is 0.237 e. The second-order valence-corrected chi connectivity index (χ2v) is 3.65. The molecule has 0 saturated carbocycles. The Hall–Kier alpha value is -0.830. The summed E-state index contributed by atoms with van der Waals surface area (Å²) in [6.45, 7) is 7.50. The summed E-state index contributed by atoms with van der Waals surface area (Å²) >= 11 is 0. The van der Waals surface area contributed by atoms with Gasteiger partial charge in [0, 0.05) is 6.54 Å². The minimum absolute atomic E-state index is 0.0214. The van der Waals surface area contributed by atoms with Crippen LogP contribution in [0.2, 0.25) is 0 Å². The Balaban J connectivity index is 2.19. The fourth-order valence-corrected chi connectivity index (χ4v) is 1.43. The van der Waals surface area contributed by atoms with Crippen molar-refractivity contribution in [2.24, 2.45) is 0 Å². The summed E-state index contributed by atoms with van der Waals surface area (Å²) in [6.07, 6.45) is 2.99. The molecule has 74 valence electrons. The lowest BCUT2D eigenvalue weighted by Gasteiger charge is -2.22. The number of nitrogens with one attached hydrogen (secondary N) is 2. The first-order valence-electron chi connectivity index (χ1n) is 4.85. The number of rotatable bonds is 4. The van der Waals surface area contributed by atoms with Crippen LogP contribution in [-0.2, 0) is 4.79 Å². The molecule has 1 fully saturated rings. The Labute approximate surface area is 79.6 Å². The van der Waals surface area contributed by atoms with E-state index in [1.165, 1.54) is 0 Å². The van der Waals surface area contributed by atoms with Crippen molar-refractivity contribution in [3.63, 3.8) is 0 Å². The second-order valence-electron chi connectivity index (χ2n) is 3.65. The van der Waals surface area contributed by atoms with Crippen molar-refractivity contribution in [3.05, 3.63) is 12.2 Å². The Morgan fingerprint density at radius 2 is 2.54 bits per heavy atom. The molecule has 1 unspecified atom stereocenters. The van der Waals surface area contributed by atoms with Crippen molar-refractivity contribution in [2.45, 2.75) is 32.2 Å². The Kier molecular flexibility index (Phi) is 3.96. The van der Waals surface area contributed by atoms with E-state index in [2.05, 4.69) is 17.2 Å². The minimum atomic E-state index is 0.0214. The van der Waals surface area contributed by atoms with Crippen LogP contribution in [0.25, 0.3) is 0 Å². The molecule has 0 aromatic rings. The predicted octanol–water partition coefficient (Wildman–Crippen LogP) is 0.821. The number of hydrogen-bond donors (Lipinski definition) is 2. The number of piperidine rings is 1. The van der Waals surface area contributed by atoms with Crippen molar-refractivity contribution in [1.82, 2.24) is 10.6 Å². The molecule has 3 nitrogen and oxygen atoms in total. The van der Waals surface area contributed by atoms with E-state index in [1.54, 1.807) is 0 Å². The van der Waals surface area contributed by atoms with Gasteiger partial charge in [0.2, 0.25) is 5.91 Å². The van der Waals surface area contributed by atoms with Crippen LogP contribution in [0, 0.1) is 0 Å². The molecule has 1 aliphatic rings. The zero-order valence-electron chi connectivity index (χ0n) is 8.23. The van der Waals surface area contributed by atoms with Gasteiger partial charge in [-0.25, -0.2) is 0 Å². The van der Waals surface area contributed by atoms with E-state index in [9.17, 15) is 4.79 Å². The first-order chi connectivity index (χ1) is 6.20. The summed E-state index contributed by atoms with van der Waals surface area (Å²) in [7, 11) is 0. The quantitative estimate of drug-likeness (QED) is 0.632. The maximum atomic E-state index is 11.3. The van der Waals surface area contributed by atoms with Gasteiger partial charge in [0.1, 0.15) is 0 Å². The van der Waals surface area contributed by atoms with Crippen LogP contribution < -0.4 is 10.6 Å². The molecule has 1 heterocycles. The van der Waals surface area contributed by atoms with E-state index < -0.39 is 0 Å². The standard InChI is InChI=1S/C10H18N2O/c1-8(2)5-7-11-9-4-3-6-12-10(9)13/h9,11H,1,3-7H2,2H3,(H,12,13). The molecular weight excluding hydrogens is 164 g/mol. The van der Waals surface area contributed by atoms with Crippen molar-refractivity contribution < 1.29 is 4.79 Å². The largest absolute Gasteiger partial charge is 0.355 e. The van der Waals surface area contributed by atoms with Crippen molar-refractivity contribution in [2.75, 3.05) is 13.1 Å². The van der Waals surface area contributed by atoms with Crippen LogP contribution in [-0.4, -0.2) is 25.0 Å². The van der Waals surface area contributed by atoms with E-state index in [4.69, 9.17) is 0 Å². The summed E-state index contributed by atoms with van der Waals surface area (Å²) < 4.78 is 0. The van der Waals surface area contributed by atoms with Gasteiger partial charge in [-0.1, -0.05) is 5.57 Å². The second kappa shape index (κ2) is 5.02. The van der Waals surface area contributed by atoms with E-state index in [-0.39, 0.29) is 11.9 Å². The molecule has 2 N–H and O–H groups in total. The molecule has 1 amide bonds. The van der Waals surface area contributed by atoms with Crippen molar-refractivity contribution in [3.8, 4) is 0 Å². The predicted molar refractivity (Wildman–Crippen MR) is 53.5 cm³/mol. The molecule has 0 spiro atoms. The van der Waals surface area contributed by atoms with Crippen molar-refractivity contribution >= 4 is 5.91 Å². The average molecular weight is 182 g/mol. The highest BCUT2D eigenvalue weighted by Gasteiger charge is 2.20. The molecule has 1 aliphatic heterocycles. The van der Waals surface area contributed by atoms with Crippen LogP contribution in [0.15, 0.2) is 12.2 Å². The van der Waals surface area contributed by atoms with E-state index in [0.717, 1.165) is 37.9 Å². The highest BCUT2D eigenvalue weighted by atomic mass is 16.2. The Morgan fingerprint density at radius 1 is 1.77 bits per heavy atom. The lowest BCUT2D eigenvalue weighted by atomic mass is 10.1. The average Bonchev–Trinajstić information content (AvgIpc) is 2.08. The fraction of sp³-hybridized carbons (Fsp3) is 0.700.